The molecule has 0 aliphatic carbocycles. The van der Waals surface area contributed by atoms with Gasteiger partial charge in [-0.15, -0.1) is 0 Å². The summed E-state index contributed by atoms with van der Waals surface area (Å²) in [6.07, 6.45) is -0.863. The molecular weight excluding hydrogens is 273 g/mol. The Morgan fingerprint density at radius 1 is 1.33 bits per heavy atom. The van der Waals surface area contributed by atoms with E-state index in [0.717, 1.165) is 10.5 Å². The van der Waals surface area contributed by atoms with Crippen LogP contribution in [-0.4, -0.2) is 28.2 Å². The van der Waals surface area contributed by atoms with Crippen molar-refractivity contribution in [1.29, 1.82) is 0 Å². The molecule has 114 valence electrons. The maximum absolute atomic E-state index is 14.4. The van der Waals surface area contributed by atoms with Crippen LogP contribution in [-0.2, 0) is 9.53 Å². The summed E-state index contributed by atoms with van der Waals surface area (Å²) in [6, 6.07) is 8.32. The van der Waals surface area contributed by atoms with E-state index in [1.54, 1.807) is 45.0 Å². The molecule has 1 fully saturated rings. The molecule has 2 unspecified atom stereocenters. The van der Waals surface area contributed by atoms with Gasteiger partial charge >= 0.3 is 6.09 Å². The zero-order chi connectivity index (χ0) is 15.8. The summed E-state index contributed by atoms with van der Waals surface area (Å²) < 4.78 is 19.6. The summed E-state index contributed by atoms with van der Waals surface area (Å²) in [5.74, 6) is -0.842. The minimum Gasteiger partial charge on any atom is -0.443 e. The largest absolute Gasteiger partial charge is 0.443 e. The number of ether oxygens (including phenoxy) is 1. The first kappa shape index (κ1) is 15.5. The van der Waals surface area contributed by atoms with Crippen LogP contribution in [0.5, 0.6) is 0 Å². The number of rotatable bonds is 1. The van der Waals surface area contributed by atoms with Crippen LogP contribution in [0.25, 0.3) is 0 Å². The van der Waals surface area contributed by atoms with Crippen molar-refractivity contribution in [2.45, 2.75) is 51.4 Å². The molecule has 0 spiro atoms. The van der Waals surface area contributed by atoms with E-state index < -0.39 is 29.3 Å². The molecule has 0 saturated carbocycles. The number of nitrogens with zero attached hydrogens (tertiary/aromatic N) is 1. The Morgan fingerprint density at radius 3 is 2.43 bits per heavy atom. The Hall–Kier alpha value is -1.91. The fourth-order valence-electron chi connectivity index (χ4n) is 2.40. The monoisotopic (exact) mass is 293 g/mol. The molecule has 5 heteroatoms. The number of imide groups is 1. The van der Waals surface area contributed by atoms with E-state index in [1.165, 1.54) is 6.92 Å². The van der Waals surface area contributed by atoms with Gasteiger partial charge in [0.15, 0.2) is 5.67 Å². The molecule has 1 aromatic rings. The SMILES string of the molecule is CC(C)(C)OC(=O)N1C(=O)C(C)(F)CC1c1ccccc1. The van der Waals surface area contributed by atoms with Gasteiger partial charge in [-0.3, -0.25) is 4.79 Å². The first-order chi connectivity index (χ1) is 9.62. The number of amides is 2. The fraction of sp³-hybridized carbons (Fsp3) is 0.500. The molecule has 1 aliphatic heterocycles. The summed E-state index contributed by atoms with van der Waals surface area (Å²) in [6.45, 7) is 6.32. The van der Waals surface area contributed by atoms with Crippen LogP contribution in [0, 0.1) is 0 Å². The number of carbonyl (C=O) groups is 2. The van der Waals surface area contributed by atoms with Crippen LogP contribution >= 0.6 is 0 Å². The van der Waals surface area contributed by atoms with Gasteiger partial charge in [-0.05, 0) is 33.3 Å². The van der Waals surface area contributed by atoms with Gasteiger partial charge in [-0.2, -0.15) is 0 Å². The standard InChI is InChI=1S/C16H20FNO3/c1-15(2,3)21-14(20)18-12(10-16(4,17)13(18)19)11-8-6-5-7-9-11/h5-9,12H,10H2,1-4H3. The lowest BCUT2D eigenvalue weighted by Crippen LogP contribution is -2.42. The molecule has 1 heterocycles. The predicted octanol–water partition coefficient (Wildman–Crippen LogP) is 3.62. The quantitative estimate of drug-likeness (QED) is 0.794. The van der Waals surface area contributed by atoms with Crippen LogP contribution in [0.3, 0.4) is 0 Å². The highest BCUT2D eigenvalue weighted by Crippen LogP contribution is 2.41. The molecular formula is C16H20FNO3. The Morgan fingerprint density at radius 2 is 1.90 bits per heavy atom. The Kier molecular flexibility index (Phi) is 3.78. The van der Waals surface area contributed by atoms with Gasteiger partial charge in [-0.1, -0.05) is 30.3 Å². The normalized spacial score (nSPS) is 26.0. The minimum atomic E-state index is -2.06. The highest BCUT2D eigenvalue weighted by Gasteiger charge is 2.53. The summed E-state index contributed by atoms with van der Waals surface area (Å²) in [5, 5.41) is 0. The Balaban J connectivity index is 2.34. The number of halogens is 1. The van der Waals surface area contributed by atoms with Crippen molar-refractivity contribution in [3.05, 3.63) is 35.9 Å². The molecule has 2 amide bonds. The van der Waals surface area contributed by atoms with E-state index >= 15 is 0 Å². The van der Waals surface area contributed by atoms with Crippen molar-refractivity contribution in [2.24, 2.45) is 0 Å². The van der Waals surface area contributed by atoms with Crippen LogP contribution in [0.1, 0.15) is 45.7 Å². The van der Waals surface area contributed by atoms with Crippen molar-refractivity contribution >= 4 is 12.0 Å². The zero-order valence-corrected chi connectivity index (χ0v) is 12.7. The number of benzene rings is 1. The first-order valence-corrected chi connectivity index (χ1v) is 6.92. The average molecular weight is 293 g/mol. The minimum absolute atomic E-state index is 0.0604. The lowest BCUT2D eigenvalue weighted by atomic mass is 9.99. The summed E-state index contributed by atoms with van der Waals surface area (Å²) in [7, 11) is 0. The number of likely N-dealkylation sites (tertiary alicyclic amines) is 1. The third-order valence-corrected chi connectivity index (χ3v) is 3.33. The highest BCUT2D eigenvalue weighted by molar-refractivity contribution is 5.99. The molecule has 0 bridgehead atoms. The molecule has 1 aromatic carbocycles. The van der Waals surface area contributed by atoms with Gasteiger partial charge in [0.25, 0.3) is 5.91 Å². The molecule has 1 aliphatic rings. The number of carbonyl (C=O) groups excluding carboxylic acids is 2. The lowest BCUT2D eigenvalue weighted by Gasteiger charge is -2.27. The van der Waals surface area contributed by atoms with E-state index in [9.17, 15) is 14.0 Å². The van der Waals surface area contributed by atoms with Crippen LogP contribution in [0.15, 0.2) is 30.3 Å². The third kappa shape index (κ3) is 3.23. The maximum atomic E-state index is 14.4. The van der Waals surface area contributed by atoms with Gasteiger partial charge in [0, 0.05) is 6.42 Å². The second-order valence-corrected chi connectivity index (χ2v) is 6.48. The second-order valence-electron chi connectivity index (χ2n) is 6.48. The van der Waals surface area contributed by atoms with Crippen molar-refractivity contribution in [1.82, 2.24) is 4.90 Å². The van der Waals surface area contributed by atoms with Crippen molar-refractivity contribution < 1.29 is 18.7 Å². The van der Waals surface area contributed by atoms with E-state index in [2.05, 4.69) is 0 Å². The molecule has 0 aromatic heterocycles. The predicted molar refractivity (Wildman–Crippen MR) is 76.4 cm³/mol. The first-order valence-electron chi connectivity index (χ1n) is 6.92. The van der Waals surface area contributed by atoms with Gasteiger partial charge in [0.2, 0.25) is 0 Å². The maximum Gasteiger partial charge on any atom is 0.417 e. The Labute approximate surface area is 123 Å². The fourth-order valence-corrected chi connectivity index (χ4v) is 2.40. The van der Waals surface area contributed by atoms with Gasteiger partial charge in [0.1, 0.15) is 5.60 Å². The zero-order valence-electron chi connectivity index (χ0n) is 12.7. The Bertz CT molecular complexity index is 548. The summed E-state index contributed by atoms with van der Waals surface area (Å²) in [4.78, 5) is 25.4. The number of hydrogen-bond donors (Lipinski definition) is 0. The highest BCUT2D eigenvalue weighted by atomic mass is 19.1. The molecule has 2 atom stereocenters. The van der Waals surface area contributed by atoms with Crippen molar-refractivity contribution in [3.63, 3.8) is 0 Å². The smallest absolute Gasteiger partial charge is 0.417 e. The number of hydrogen-bond acceptors (Lipinski definition) is 3. The van der Waals surface area contributed by atoms with E-state index in [1.807, 2.05) is 6.07 Å². The molecule has 1 saturated heterocycles. The lowest BCUT2D eigenvalue weighted by molar-refractivity contribution is -0.136. The molecule has 0 N–H and O–H groups in total. The number of alkyl halides is 1. The van der Waals surface area contributed by atoms with Crippen molar-refractivity contribution in [2.75, 3.05) is 0 Å². The van der Waals surface area contributed by atoms with Gasteiger partial charge < -0.3 is 4.74 Å². The molecule has 2 rings (SSSR count). The van der Waals surface area contributed by atoms with Gasteiger partial charge in [0.05, 0.1) is 6.04 Å². The molecule has 21 heavy (non-hydrogen) atoms. The van der Waals surface area contributed by atoms with Crippen molar-refractivity contribution in [3.8, 4) is 0 Å². The van der Waals surface area contributed by atoms with Crippen LogP contribution in [0.4, 0.5) is 9.18 Å². The van der Waals surface area contributed by atoms with E-state index in [-0.39, 0.29) is 6.42 Å². The van der Waals surface area contributed by atoms with Gasteiger partial charge in [-0.25, -0.2) is 14.1 Å². The molecule has 4 nitrogen and oxygen atoms in total. The van der Waals surface area contributed by atoms with E-state index in [4.69, 9.17) is 4.74 Å². The summed E-state index contributed by atoms with van der Waals surface area (Å²) >= 11 is 0. The third-order valence-electron chi connectivity index (χ3n) is 3.33. The molecule has 0 radical (unpaired) electrons. The topological polar surface area (TPSA) is 46.6 Å². The summed E-state index contributed by atoms with van der Waals surface area (Å²) in [5.41, 5.74) is -2.08. The average Bonchev–Trinajstić information content (AvgIpc) is 2.60. The second kappa shape index (κ2) is 5.13. The van der Waals surface area contributed by atoms with Crippen LogP contribution in [0.2, 0.25) is 0 Å². The van der Waals surface area contributed by atoms with E-state index in [0.29, 0.717) is 0 Å². The van der Waals surface area contributed by atoms with Crippen LogP contribution < -0.4 is 0 Å².